The first-order chi connectivity index (χ1) is 13.1. The molecule has 0 unspecified atom stereocenters. The van der Waals surface area contributed by atoms with Crippen LogP contribution in [0.4, 0.5) is 5.69 Å². The summed E-state index contributed by atoms with van der Waals surface area (Å²) in [6.45, 7) is 0. The van der Waals surface area contributed by atoms with E-state index in [-0.39, 0.29) is 5.91 Å². The number of nitriles is 1. The van der Waals surface area contributed by atoms with Crippen LogP contribution in [-0.4, -0.2) is 15.2 Å². The fourth-order valence-corrected chi connectivity index (χ4v) is 4.52. The zero-order valence-electron chi connectivity index (χ0n) is 13.7. The summed E-state index contributed by atoms with van der Waals surface area (Å²) in [5, 5.41) is 9.82. The third-order valence-electron chi connectivity index (χ3n) is 4.07. The van der Waals surface area contributed by atoms with Gasteiger partial charge in [-0.1, -0.05) is 58.1 Å². The summed E-state index contributed by atoms with van der Waals surface area (Å²) in [6.07, 6.45) is 3.48. The van der Waals surface area contributed by atoms with Crippen LogP contribution >= 0.6 is 39.9 Å². The maximum atomic E-state index is 13.0. The molecular weight excluding hydrogens is 442 g/mol. The Bertz CT molecular complexity index is 1170. The van der Waals surface area contributed by atoms with Gasteiger partial charge in [0.05, 0.1) is 27.7 Å². The number of thiocarbonyl (C=S) groups is 1. The molecule has 2 heterocycles. The minimum absolute atomic E-state index is 0.177. The number of carbonyl (C=O) groups is 1. The fraction of sp³-hybridized carbons (Fsp3) is 0. The van der Waals surface area contributed by atoms with Gasteiger partial charge in [0.2, 0.25) is 0 Å². The van der Waals surface area contributed by atoms with Gasteiger partial charge in [0.1, 0.15) is 0 Å². The van der Waals surface area contributed by atoms with Gasteiger partial charge >= 0.3 is 0 Å². The number of amides is 1. The molecule has 1 fully saturated rings. The molecule has 4 nitrogen and oxygen atoms in total. The number of nitrogens with zero attached hydrogens (tertiary/aromatic N) is 3. The Labute approximate surface area is 173 Å². The molecule has 0 atom stereocenters. The normalized spacial score (nSPS) is 15.6. The van der Waals surface area contributed by atoms with Gasteiger partial charge in [-0.2, -0.15) is 5.26 Å². The predicted molar refractivity (Wildman–Crippen MR) is 116 cm³/mol. The Hall–Kier alpha value is -2.53. The zero-order chi connectivity index (χ0) is 19.0. The van der Waals surface area contributed by atoms with Crippen LogP contribution in [0.2, 0.25) is 0 Å². The van der Waals surface area contributed by atoms with Crippen molar-refractivity contribution in [2.45, 2.75) is 0 Å². The van der Waals surface area contributed by atoms with Crippen LogP contribution < -0.4 is 4.90 Å². The highest BCUT2D eigenvalue weighted by molar-refractivity contribution is 9.10. The molecule has 0 spiro atoms. The lowest BCUT2D eigenvalue weighted by molar-refractivity contribution is -0.113. The van der Waals surface area contributed by atoms with Crippen LogP contribution in [0.5, 0.6) is 0 Å². The molecule has 7 heteroatoms. The number of pyridine rings is 1. The van der Waals surface area contributed by atoms with E-state index >= 15 is 0 Å². The quantitative estimate of drug-likeness (QED) is 0.392. The number of halogens is 1. The molecule has 0 saturated carbocycles. The van der Waals surface area contributed by atoms with Crippen LogP contribution in [0.15, 0.2) is 64.1 Å². The predicted octanol–water partition coefficient (Wildman–Crippen LogP) is 5.27. The first kappa shape index (κ1) is 17.9. The fourth-order valence-electron chi connectivity index (χ4n) is 2.78. The number of carbonyl (C=O) groups excluding carboxylic acids is 1. The Balaban J connectivity index is 1.75. The van der Waals surface area contributed by atoms with Crippen molar-refractivity contribution in [1.29, 1.82) is 5.26 Å². The third-order valence-corrected chi connectivity index (χ3v) is 6.06. The topological polar surface area (TPSA) is 57.0 Å². The van der Waals surface area contributed by atoms with E-state index < -0.39 is 0 Å². The number of rotatable bonds is 2. The molecule has 0 aliphatic carbocycles. The summed E-state index contributed by atoms with van der Waals surface area (Å²) in [7, 11) is 0. The van der Waals surface area contributed by atoms with Crippen LogP contribution in [0.25, 0.3) is 17.0 Å². The van der Waals surface area contributed by atoms with Gasteiger partial charge in [0, 0.05) is 16.1 Å². The molecule has 0 N–H and O–H groups in total. The van der Waals surface area contributed by atoms with Crippen molar-refractivity contribution in [1.82, 2.24) is 4.98 Å². The van der Waals surface area contributed by atoms with Gasteiger partial charge in [0.15, 0.2) is 4.32 Å². The SMILES string of the molecule is N#Cc1ccc(/C=C2\SC(=S)N(c3ccc(Br)c4cccnc34)C2=O)cc1. The van der Waals surface area contributed by atoms with Crippen molar-refractivity contribution < 1.29 is 4.79 Å². The van der Waals surface area contributed by atoms with Crippen molar-refractivity contribution in [3.63, 3.8) is 0 Å². The molecule has 3 aromatic rings. The van der Waals surface area contributed by atoms with Crippen molar-refractivity contribution in [2.24, 2.45) is 0 Å². The molecule has 1 aliphatic rings. The Morgan fingerprint density at radius 2 is 1.96 bits per heavy atom. The molecule has 1 amide bonds. The second kappa shape index (κ2) is 7.24. The van der Waals surface area contributed by atoms with Gasteiger partial charge in [-0.15, -0.1) is 0 Å². The number of benzene rings is 2. The van der Waals surface area contributed by atoms with Gasteiger partial charge < -0.3 is 0 Å². The van der Waals surface area contributed by atoms with Crippen molar-refractivity contribution in [3.8, 4) is 6.07 Å². The summed E-state index contributed by atoms with van der Waals surface area (Å²) in [4.78, 5) is 19.5. The van der Waals surface area contributed by atoms with E-state index in [1.54, 1.807) is 24.4 Å². The van der Waals surface area contributed by atoms with E-state index in [9.17, 15) is 4.79 Å². The van der Waals surface area contributed by atoms with Gasteiger partial charge in [-0.05, 0) is 42.0 Å². The van der Waals surface area contributed by atoms with Crippen LogP contribution in [0.1, 0.15) is 11.1 Å². The van der Waals surface area contributed by atoms with Crippen molar-refractivity contribution in [3.05, 3.63) is 75.2 Å². The molecule has 1 aliphatic heterocycles. The van der Waals surface area contributed by atoms with Gasteiger partial charge in [0.25, 0.3) is 5.91 Å². The molecule has 0 radical (unpaired) electrons. The highest BCUT2D eigenvalue weighted by Crippen LogP contribution is 2.39. The Morgan fingerprint density at radius 1 is 1.19 bits per heavy atom. The van der Waals surface area contributed by atoms with Crippen molar-refractivity contribution in [2.75, 3.05) is 4.90 Å². The van der Waals surface area contributed by atoms with E-state index in [0.29, 0.717) is 26.0 Å². The third kappa shape index (κ3) is 3.28. The molecule has 130 valence electrons. The zero-order valence-corrected chi connectivity index (χ0v) is 16.9. The van der Waals surface area contributed by atoms with Gasteiger partial charge in [-0.3, -0.25) is 14.7 Å². The number of fused-ring (bicyclic) bond motifs is 1. The van der Waals surface area contributed by atoms with E-state index in [4.69, 9.17) is 17.5 Å². The Kier molecular flexibility index (Phi) is 4.79. The molecule has 0 bridgehead atoms. The smallest absolute Gasteiger partial charge is 0.268 e. The second-order valence-corrected chi connectivity index (χ2v) is 8.25. The minimum Gasteiger partial charge on any atom is -0.268 e. The summed E-state index contributed by atoms with van der Waals surface area (Å²) in [6, 6.07) is 16.7. The standard InChI is InChI=1S/C20H10BrN3OS2/c21-15-7-8-16(18-14(15)2-1-9-23-18)24-19(25)17(27-20(24)26)10-12-3-5-13(11-22)6-4-12/h1-10H/b17-10-. The molecule has 1 aromatic heterocycles. The number of anilines is 1. The van der Waals surface area contributed by atoms with E-state index in [1.807, 2.05) is 36.4 Å². The summed E-state index contributed by atoms with van der Waals surface area (Å²) in [5.74, 6) is -0.177. The lowest BCUT2D eigenvalue weighted by Crippen LogP contribution is -2.27. The maximum absolute atomic E-state index is 13.0. The largest absolute Gasteiger partial charge is 0.270 e. The van der Waals surface area contributed by atoms with Gasteiger partial charge in [-0.25, -0.2) is 0 Å². The highest BCUT2D eigenvalue weighted by Gasteiger charge is 2.34. The summed E-state index contributed by atoms with van der Waals surface area (Å²) in [5.41, 5.74) is 2.79. The van der Waals surface area contributed by atoms with Crippen LogP contribution in [0.3, 0.4) is 0 Å². The summed E-state index contributed by atoms with van der Waals surface area (Å²) >= 11 is 10.3. The molecule has 27 heavy (non-hydrogen) atoms. The summed E-state index contributed by atoms with van der Waals surface area (Å²) < 4.78 is 1.38. The average Bonchev–Trinajstić information content (AvgIpc) is 2.96. The number of hydrogen-bond donors (Lipinski definition) is 0. The van der Waals surface area contributed by atoms with E-state index in [0.717, 1.165) is 15.4 Å². The lowest BCUT2D eigenvalue weighted by atomic mass is 10.1. The van der Waals surface area contributed by atoms with Crippen LogP contribution in [0, 0.1) is 11.3 Å². The highest BCUT2D eigenvalue weighted by atomic mass is 79.9. The first-order valence-corrected chi connectivity index (χ1v) is 9.91. The molecular formula is C20H10BrN3OS2. The molecule has 1 saturated heterocycles. The van der Waals surface area contributed by atoms with Crippen molar-refractivity contribution >= 4 is 72.8 Å². The second-order valence-electron chi connectivity index (χ2n) is 5.72. The van der Waals surface area contributed by atoms with Crippen LogP contribution in [-0.2, 0) is 4.79 Å². The number of hydrogen-bond acceptors (Lipinski definition) is 5. The monoisotopic (exact) mass is 451 g/mol. The average molecular weight is 452 g/mol. The number of thioether (sulfide) groups is 1. The molecule has 4 rings (SSSR count). The number of aromatic nitrogens is 1. The first-order valence-electron chi connectivity index (χ1n) is 7.90. The molecule has 2 aromatic carbocycles. The van der Waals surface area contributed by atoms with E-state index in [2.05, 4.69) is 27.0 Å². The lowest BCUT2D eigenvalue weighted by Gasteiger charge is -2.17. The van der Waals surface area contributed by atoms with E-state index in [1.165, 1.54) is 16.7 Å². The maximum Gasteiger partial charge on any atom is 0.270 e. The minimum atomic E-state index is -0.177. The Morgan fingerprint density at radius 3 is 2.70 bits per heavy atom.